The van der Waals surface area contributed by atoms with Gasteiger partial charge >= 0.3 is 6.18 Å². The van der Waals surface area contributed by atoms with Gasteiger partial charge in [0.1, 0.15) is 17.1 Å². The number of H-pyrrole nitrogens is 1. The Bertz CT molecular complexity index is 1420. The second-order valence-corrected chi connectivity index (χ2v) is 8.78. The highest BCUT2D eigenvalue weighted by Crippen LogP contribution is 2.38. The number of furan rings is 1. The Hall–Kier alpha value is -4.06. The van der Waals surface area contributed by atoms with E-state index in [0.717, 1.165) is 11.1 Å². The van der Waals surface area contributed by atoms with Gasteiger partial charge in [0.05, 0.1) is 23.4 Å². The number of carbonyl (C=O) groups is 2. The Morgan fingerprint density at radius 3 is 2.68 bits per heavy atom. The summed E-state index contributed by atoms with van der Waals surface area (Å²) in [6.45, 7) is 2.17. The molecule has 1 unspecified atom stereocenters. The van der Waals surface area contributed by atoms with Crippen LogP contribution >= 0.6 is 0 Å². The predicted octanol–water partition coefficient (Wildman–Crippen LogP) is 3.95. The molecule has 2 amide bonds. The lowest BCUT2D eigenvalue weighted by Crippen LogP contribution is -2.48. The fourth-order valence-electron chi connectivity index (χ4n) is 4.38. The zero-order valence-corrected chi connectivity index (χ0v) is 20.2. The van der Waals surface area contributed by atoms with E-state index in [4.69, 9.17) is 14.6 Å². The maximum absolute atomic E-state index is 13.2. The van der Waals surface area contributed by atoms with E-state index in [0.29, 0.717) is 39.3 Å². The van der Waals surface area contributed by atoms with Gasteiger partial charge in [-0.25, -0.2) is 0 Å². The number of fused-ring (bicyclic) bond motifs is 1. The van der Waals surface area contributed by atoms with Crippen LogP contribution in [0.1, 0.15) is 44.2 Å². The van der Waals surface area contributed by atoms with Gasteiger partial charge in [-0.1, -0.05) is 0 Å². The highest BCUT2D eigenvalue weighted by Gasteiger charge is 2.57. The first-order valence-electron chi connectivity index (χ1n) is 11.3. The summed E-state index contributed by atoms with van der Waals surface area (Å²) in [5.74, 6) is -0.0170. The highest BCUT2D eigenvalue weighted by atomic mass is 19.4. The van der Waals surface area contributed by atoms with Gasteiger partial charge in [0.2, 0.25) is 0 Å². The number of nitrogens with one attached hydrogen (secondary N) is 3. The second-order valence-electron chi connectivity index (χ2n) is 8.78. The van der Waals surface area contributed by atoms with E-state index in [-0.39, 0.29) is 23.8 Å². The van der Waals surface area contributed by atoms with Crippen molar-refractivity contribution >= 4 is 34.8 Å². The lowest BCUT2D eigenvalue weighted by Gasteiger charge is -2.25. The number of aromatic nitrogens is 1. The van der Waals surface area contributed by atoms with E-state index in [1.165, 1.54) is 19.3 Å². The second kappa shape index (κ2) is 9.43. The number of halogens is 3. The molecule has 37 heavy (non-hydrogen) atoms. The first-order valence-corrected chi connectivity index (χ1v) is 11.3. The Morgan fingerprint density at radius 1 is 1.32 bits per heavy atom. The summed E-state index contributed by atoms with van der Waals surface area (Å²) in [6.07, 6.45) is -1.76. The quantitative estimate of drug-likeness (QED) is 0.290. The van der Waals surface area contributed by atoms with Crippen LogP contribution in [-0.4, -0.2) is 64.9 Å². The SMILES string of the molecule is CNC(=O)c1c(C)oc2cc(O/C(=C/C=N)c3[nH]cc(C(=O)N4CCC(O)(C(F)(F)F)C4)c3C)ccc12. The minimum Gasteiger partial charge on any atom is -0.460 e. The van der Waals surface area contributed by atoms with Crippen LogP contribution in [0.15, 0.2) is 34.9 Å². The van der Waals surface area contributed by atoms with Crippen molar-refractivity contribution in [3.05, 3.63) is 58.6 Å². The largest absolute Gasteiger partial charge is 0.460 e. The molecular weight excluding hydrogens is 493 g/mol. The third kappa shape index (κ3) is 4.59. The van der Waals surface area contributed by atoms with Crippen LogP contribution in [-0.2, 0) is 0 Å². The van der Waals surface area contributed by atoms with Crippen LogP contribution in [0.25, 0.3) is 16.7 Å². The lowest BCUT2D eigenvalue weighted by molar-refractivity contribution is -0.253. The van der Waals surface area contributed by atoms with Crippen LogP contribution in [0.5, 0.6) is 5.75 Å². The summed E-state index contributed by atoms with van der Waals surface area (Å²) < 4.78 is 51.2. The van der Waals surface area contributed by atoms with E-state index in [1.807, 2.05) is 0 Å². The number of aryl methyl sites for hydroxylation is 1. The average molecular weight is 518 g/mol. The Balaban J connectivity index is 1.60. The molecule has 4 rings (SSSR count). The minimum absolute atomic E-state index is 0.119. The molecule has 1 aromatic carbocycles. The number of likely N-dealkylation sites (tertiary alicyclic amines) is 1. The van der Waals surface area contributed by atoms with Gasteiger partial charge in [-0.2, -0.15) is 13.2 Å². The number of hydrogen-bond acceptors (Lipinski definition) is 6. The Labute approximate surface area is 209 Å². The molecule has 12 heteroatoms. The van der Waals surface area contributed by atoms with Crippen molar-refractivity contribution in [1.29, 1.82) is 5.41 Å². The number of hydrogen-bond donors (Lipinski definition) is 4. The first-order chi connectivity index (χ1) is 17.4. The topological polar surface area (TPSA) is 132 Å². The van der Waals surface area contributed by atoms with Gasteiger partial charge < -0.3 is 34.9 Å². The molecule has 9 nitrogen and oxygen atoms in total. The third-order valence-corrected chi connectivity index (χ3v) is 6.43. The highest BCUT2D eigenvalue weighted by molar-refractivity contribution is 6.07. The van der Waals surface area contributed by atoms with Crippen LogP contribution in [0.4, 0.5) is 13.2 Å². The smallest absolute Gasteiger partial charge is 0.419 e. The Kier molecular flexibility index (Phi) is 6.63. The summed E-state index contributed by atoms with van der Waals surface area (Å²) in [4.78, 5) is 29.0. The van der Waals surface area contributed by atoms with Crippen LogP contribution in [0.3, 0.4) is 0 Å². The van der Waals surface area contributed by atoms with Crippen LogP contribution < -0.4 is 10.1 Å². The van der Waals surface area contributed by atoms with E-state index < -0.39 is 30.7 Å². The van der Waals surface area contributed by atoms with Crippen LogP contribution in [0, 0.1) is 19.3 Å². The zero-order chi connectivity index (χ0) is 27.1. The number of alkyl halides is 3. The van der Waals surface area contributed by atoms with E-state index in [2.05, 4.69) is 10.3 Å². The number of nitrogens with zero attached hydrogens (tertiary/aromatic N) is 1. The summed E-state index contributed by atoms with van der Waals surface area (Å²) in [5.41, 5.74) is -1.26. The average Bonchev–Trinajstić information content (AvgIpc) is 3.52. The van der Waals surface area contributed by atoms with Gasteiger partial charge in [0.15, 0.2) is 11.4 Å². The summed E-state index contributed by atoms with van der Waals surface area (Å²) in [5, 5.41) is 20.6. The van der Waals surface area contributed by atoms with Crippen molar-refractivity contribution < 1.29 is 37.0 Å². The normalized spacial score (nSPS) is 18.4. The standard InChI is InChI=1S/C25H25F3N4O5/c1-13-17(23(34)32-9-7-24(35,12-32)25(26,27)28)11-31-21(13)18(6-8-29)37-15-4-5-16-19(10-15)36-14(2)20(16)22(33)30-3/h4-6,8,10-11,29,31,35H,7,9,12H2,1-3H3,(H,30,33)/b18-6+,29-8?. The van der Waals surface area contributed by atoms with Crippen molar-refractivity contribution in [3.63, 3.8) is 0 Å². The molecule has 4 N–H and O–H groups in total. The van der Waals surface area contributed by atoms with E-state index >= 15 is 0 Å². The van der Waals surface area contributed by atoms with Gasteiger partial charge in [0, 0.05) is 50.0 Å². The fraction of sp³-hybridized carbons (Fsp3) is 0.320. The molecule has 1 atom stereocenters. The van der Waals surface area contributed by atoms with Crippen molar-refractivity contribution in [3.8, 4) is 5.75 Å². The summed E-state index contributed by atoms with van der Waals surface area (Å²) in [7, 11) is 1.52. The molecule has 1 aliphatic heterocycles. The zero-order valence-electron chi connectivity index (χ0n) is 20.2. The molecular formula is C25H25F3N4O5. The maximum Gasteiger partial charge on any atom is 0.419 e. The molecule has 1 fully saturated rings. The number of allylic oxidation sites excluding steroid dienone is 1. The summed E-state index contributed by atoms with van der Waals surface area (Å²) >= 11 is 0. The van der Waals surface area contributed by atoms with E-state index in [1.54, 1.807) is 32.0 Å². The maximum atomic E-state index is 13.2. The molecule has 0 bridgehead atoms. The Morgan fingerprint density at radius 2 is 2.05 bits per heavy atom. The number of ether oxygens (including phenoxy) is 1. The number of benzene rings is 1. The van der Waals surface area contributed by atoms with Crippen molar-refractivity contribution in [2.24, 2.45) is 0 Å². The lowest BCUT2D eigenvalue weighted by atomic mass is 10.0. The third-order valence-electron chi connectivity index (χ3n) is 6.43. The molecule has 0 radical (unpaired) electrons. The van der Waals surface area contributed by atoms with Gasteiger partial charge in [-0.05, 0) is 31.5 Å². The van der Waals surface area contributed by atoms with Crippen molar-refractivity contribution in [2.45, 2.75) is 32.0 Å². The van der Waals surface area contributed by atoms with Crippen molar-refractivity contribution in [2.75, 3.05) is 20.1 Å². The van der Waals surface area contributed by atoms with Gasteiger partial charge in [-0.3, -0.25) is 9.59 Å². The van der Waals surface area contributed by atoms with Crippen LogP contribution in [0.2, 0.25) is 0 Å². The van der Waals surface area contributed by atoms with E-state index in [9.17, 15) is 27.9 Å². The summed E-state index contributed by atoms with van der Waals surface area (Å²) in [6, 6.07) is 4.87. The molecule has 3 heterocycles. The molecule has 3 aromatic rings. The molecule has 196 valence electrons. The molecule has 0 aliphatic carbocycles. The molecule has 1 saturated heterocycles. The number of aliphatic hydroxyl groups is 1. The number of amides is 2. The van der Waals surface area contributed by atoms with Gasteiger partial charge in [-0.15, -0.1) is 0 Å². The molecule has 2 aromatic heterocycles. The predicted molar refractivity (Wildman–Crippen MR) is 129 cm³/mol. The number of carbonyl (C=O) groups excluding carboxylic acids is 2. The monoisotopic (exact) mass is 518 g/mol. The first kappa shape index (κ1) is 26.0. The van der Waals surface area contributed by atoms with Crippen molar-refractivity contribution in [1.82, 2.24) is 15.2 Å². The molecule has 0 saturated carbocycles. The fourth-order valence-corrected chi connectivity index (χ4v) is 4.38. The minimum atomic E-state index is -4.84. The number of aromatic amines is 1. The number of β-amino-alcohol motifs (C(OH)–C–C–N with tert-alkyl or cyclic N) is 1. The molecule has 1 aliphatic rings. The number of rotatable bonds is 6. The van der Waals surface area contributed by atoms with Gasteiger partial charge in [0.25, 0.3) is 11.8 Å². The molecule has 0 spiro atoms.